The number of methoxy groups -OCH3 is 2. The molecular formula is C18H17N3O7. The summed E-state index contributed by atoms with van der Waals surface area (Å²) >= 11 is 0. The van der Waals surface area contributed by atoms with Crippen molar-refractivity contribution in [3.63, 3.8) is 0 Å². The van der Waals surface area contributed by atoms with Crippen LogP contribution in [-0.2, 0) is 11.2 Å². The minimum absolute atomic E-state index is 0.0877. The third-order valence-corrected chi connectivity index (χ3v) is 4.36. The van der Waals surface area contributed by atoms with E-state index in [1.807, 2.05) is 0 Å². The van der Waals surface area contributed by atoms with Crippen LogP contribution in [0.2, 0.25) is 0 Å². The Bertz CT molecular complexity index is 1070. The van der Waals surface area contributed by atoms with E-state index >= 15 is 0 Å². The molecule has 28 heavy (non-hydrogen) atoms. The Balaban J connectivity index is 2.25. The van der Waals surface area contributed by atoms with Crippen LogP contribution in [0.3, 0.4) is 0 Å². The van der Waals surface area contributed by atoms with Gasteiger partial charge in [0.05, 0.1) is 31.0 Å². The lowest BCUT2D eigenvalue weighted by molar-refractivity contribution is -0.136. The fraction of sp³-hybridized carbons (Fsp3) is 0.222. The summed E-state index contributed by atoms with van der Waals surface area (Å²) in [6.45, 7) is 0. The monoisotopic (exact) mass is 387 g/mol. The highest BCUT2D eigenvalue weighted by Crippen LogP contribution is 2.35. The number of nitrogen functional groups attached to an aromatic ring is 1. The number of aryl methyl sites for hydroxylation is 1. The number of amides is 2. The fourth-order valence-corrected chi connectivity index (χ4v) is 3.13. The Labute approximate surface area is 158 Å². The number of pyridine rings is 1. The summed E-state index contributed by atoms with van der Waals surface area (Å²) < 4.78 is 11.7. The molecule has 0 atom stereocenters. The minimum Gasteiger partial charge on any atom is -0.493 e. The second-order valence-corrected chi connectivity index (χ2v) is 6.01. The summed E-state index contributed by atoms with van der Waals surface area (Å²) in [5.74, 6) is -2.01. The minimum atomic E-state index is -1.00. The SMILES string of the molecule is COc1cc(-n2c(N)c3c(cc2=O)C(=O)NC3=O)cc(CCC(=O)O)c1OC. The molecule has 0 aliphatic carbocycles. The van der Waals surface area contributed by atoms with Gasteiger partial charge in [-0.05, 0) is 12.5 Å². The highest BCUT2D eigenvalue weighted by molar-refractivity contribution is 6.23. The Morgan fingerprint density at radius 3 is 2.46 bits per heavy atom. The van der Waals surface area contributed by atoms with Gasteiger partial charge in [0.15, 0.2) is 11.5 Å². The molecule has 3 rings (SSSR count). The van der Waals surface area contributed by atoms with Gasteiger partial charge in [0, 0.05) is 24.1 Å². The molecule has 0 radical (unpaired) electrons. The standard InChI is InChI=1S/C18H17N3O7/c1-27-11-6-9(5-8(15(11)28-2)3-4-13(23)24)21-12(22)7-10-14(16(21)19)18(26)20-17(10)25/h5-7H,3-4,19H2,1-2H3,(H,23,24)(H,20,25,26). The lowest BCUT2D eigenvalue weighted by atomic mass is 10.1. The van der Waals surface area contributed by atoms with Crippen molar-refractivity contribution in [2.45, 2.75) is 12.8 Å². The van der Waals surface area contributed by atoms with E-state index in [2.05, 4.69) is 5.32 Å². The molecule has 0 bridgehead atoms. The van der Waals surface area contributed by atoms with Crippen LogP contribution in [-0.4, -0.2) is 41.7 Å². The van der Waals surface area contributed by atoms with Gasteiger partial charge in [-0.2, -0.15) is 0 Å². The molecule has 1 aliphatic heterocycles. The molecule has 1 aromatic heterocycles. The molecule has 2 heterocycles. The maximum atomic E-state index is 12.6. The highest BCUT2D eigenvalue weighted by atomic mass is 16.5. The van der Waals surface area contributed by atoms with Crippen molar-refractivity contribution in [2.24, 2.45) is 0 Å². The van der Waals surface area contributed by atoms with E-state index < -0.39 is 23.3 Å². The van der Waals surface area contributed by atoms with Crippen LogP contribution < -0.4 is 26.1 Å². The third kappa shape index (κ3) is 3.04. The summed E-state index contributed by atoms with van der Waals surface area (Å²) in [5.41, 5.74) is 5.96. The first-order valence-corrected chi connectivity index (χ1v) is 8.16. The van der Waals surface area contributed by atoms with E-state index in [-0.39, 0.29) is 41.2 Å². The maximum Gasteiger partial charge on any atom is 0.303 e. The first-order chi connectivity index (χ1) is 13.3. The number of aromatic nitrogens is 1. The number of nitrogens with one attached hydrogen (secondary N) is 1. The molecular weight excluding hydrogens is 370 g/mol. The summed E-state index contributed by atoms with van der Waals surface area (Å²) in [7, 11) is 2.80. The van der Waals surface area contributed by atoms with E-state index in [4.69, 9.17) is 20.3 Å². The summed E-state index contributed by atoms with van der Waals surface area (Å²) in [5, 5.41) is 11.1. The smallest absolute Gasteiger partial charge is 0.303 e. The number of hydrogen-bond acceptors (Lipinski definition) is 7. The summed E-state index contributed by atoms with van der Waals surface area (Å²) in [4.78, 5) is 47.4. The predicted molar refractivity (Wildman–Crippen MR) is 97.3 cm³/mol. The quantitative estimate of drug-likeness (QED) is 0.601. The Kier molecular flexibility index (Phi) is 4.78. The number of benzene rings is 1. The number of carboxylic acid groups (broad SMARTS) is 1. The van der Waals surface area contributed by atoms with Crippen LogP contribution in [0.25, 0.3) is 5.69 Å². The zero-order valence-electron chi connectivity index (χ0n) is 15.1. The number of hydrogen-bond donors (Lipinski definition) is 3. The van der Waals surface area contributed by atoms with Gasteiger partial charge in [0.1, 0.15) is 5.82 Å². The number of carboxylic acids is 1. The molecule has 2 aromatic rings. The number of fused-ring (bicyclic) bond motifs is 1. The maximum absolute atomic E-state index is 12.6. The van der Waals surface area contributed by atoms with Crippen LogP contribution in [0.15, 0.2) is 23.0 Å². The average Bonchev–Trinajstić information content (AvgIpc) is 2.92. The van der Waals surface area contributed by atoms with Crippen LogP contribution in [0.4, 0.5) is 5.82 Å². The summed E-state index contributed by atoms with van der Waals surface area (Å²) in [6, 6.07) is 4.03. The molecule has 0 unspecified atom stereocenters. The van der Waals surface area contributed by atoms with Gasteiger partial charge in [-0.25, -0.2) is 0 Å². The molecule has 1 aliphatic rings. The molecule has 10 nitrogen and oxygen atoms in total. The van der Waals surface area contributed by atoms with Gasteiger partial charge in [-0.3, -0.25) is 29.1 Å². The van der Waals surface area contributed by atoms with E-state index in [1.165, 1.54) is 26.4 Å². The molecule has 0 spiro atoms. The number of carbonyl (C=O) groups excluding carboxylic acids is 2. The number of aliphatic carboxylic acids is 1. The molecule has 4 N–H and O–H groups in total. The molecule has 146 valence electrons. The van der Waals surface area contributed by atoms with E-state index in [1.54, 1.807) is 0 Å². The number of rotatable bonds is 6. The van der Waals surface area contributed by atoms with Crippen molar-refractivity contribution in [1.29, 1.82) is 0 Å². The van der Waals surface area contributed by atoms with Gasteiger partial charge < -0.3 is 20.3 Å². The molecule has 1 aromatic carbocycles. The molecule has 0 saturated carbocycles. The zero-order chi connectivity index (χ0) is 20.6. The topological polar surface area (TPSA) is 150 Å². The zero-order valence-corrected chi connectivity index (χ0v) is 15.1. The first-order valence-electron chi connectivity index (χ1n) is 8.16. The Morgan fingerprint density at radius 2 is 1.86 bits per heavy atom. The van der Waals surface area contributed by atoms with Gasteiger partial charge >= 0.3 is 5.97 Å². The molecule has 0 fully saturated rings. The lowest BCUT2D eigenvalue weighted by Crippen LogP contribution is -2.24. The highest BCUT2D eigenvalue weighted by Gasteiger charge is 2.32. The third-order valence-electron chi connectivity index (χ3n) is 4.36. The van der Waals surface area contributed by atoms with E-state index in [0.717, 1.165) is 10.6 Å². The first kappa shape index (κ1) is 19.0. The van der Waals surface area contributed by atoms with Crippen molar-refractivity contribution in [2.75, 3.05) is 20.0 Å². The predicted octanol–water partition coefficient (Wildman–Crippen LogP) is 0.338. The van der Waals surface area contributed by atoms with Crippen molar-refractivity contribution in [1.82, 2.24) is 9.88 Å². The van der Waals surface area contributed by atoms with E-state index in [0.29, 0.717) is 11.3 Å². The molecule has 10 heteroatoms. The fourth-order valence-electron chi connectivity index (χ4n) is 3.13. The lowest BCUT2D eigenvalue weighted by Gasteiger charge is -2.17. The van der Waals surface area contributed by atoms with Crippen molar-refractivity contribution in [3.8, 4) is 17.2 Å². The molecule has 2 amide bonds. The Morgan fingerprint density at radius 1 is 1.14 bits per heavy atom. The number of ether oxygens (including phenoxy) is 2. The van der Waals surface area contributed by atoms with Crippen molar-refractivity contribution >= 4 is 23.6 Å². The van der Waals surface area contributed by atoms with Gasteiger partial charge in [0.25, 0.3) is 17.4 Å². The second-order valence-electron chi connectivity index (χ2n) is 6.01. The molecule has 0 saturated heterocycles. The van der Waals surface area contributed by atoms with Crippen LogP contribution in [0.5, 0.6) is 11.5 Å². The number of anilines is 1. The van der Waals surface area contributed by atoms with E-state index in [9.17, 15) is 19.2 Å². The van der Waals surface area contributed by atoms with Crippen molar-refractivity contribution in [3.05, 3.63) is 45.2 Å². The summed E-state index contributed by atoms with van der Waals surface area (Å²) in [6.07, 6.45) is -0.0598. The average molecular weight is 387 g/mol. The number of carbonyl (C=O) groups is 3. The largest absolute Gasteiger partial charge is 0.493 e. The second kappa shape index (κ2) is 7.06. The van der Waals surface area contributed by atoms with Gasteiger partial charge in [0.2, 0.25) is 0 Å². The number of nitrogens with two attached hydrogens (primary N) is 1. The van der Waals surface area contributed by atoms with Crippen LogP contribution in [0.1, 0.15) is 32.7 Å². The Hall–Kier alpha value is -3.82. The number of nitrogens with zero attached hydrogens (tertiary/aromatic N) is 1. The van der Waals surface area contributed by atoms with Crippen molar-refractivity contribution < 1.29 is 29.0 Å². The number of imide groups is 1. The van der Waals surface area contributed by atoms with Gasteiger partial charge in [-0.1, -0.05) is 0 Å². The van der Waals surface area contributed by atoms with Crippen LogP contribution >= 0.6 is 0 Å². The van der Waals surface area contributed by atoms with Crippen LogP contribution in [0, 0.1) is 0 Å². The normalized spacial score (nSPS) is 12.5. The van der Waals surface area contributed by atoms with Gasteiger partial charge in [-0.15, -0.1) is 0 Å².